The standard InChI is InChI=1S/C20H22FNO6/c1-22-20(26)11-5-7-12(8-6-11)27-16-4-2-3-14(17(16)21)19-18(25)15(24)9-13(10-23)28-19/h2-8,13,15,18-19,23-25H,9-10H2,1H3,(H,22,26). The number of ether oxygens (including phenoxy) is 2. The maximum absolute atomic E-state index is 15.0. The molecule has 0 radical (unpaired) electrons. The molecular weight excluding hydrogens is 369 g/mol. The highest BCUT2D eigenvalue weighted by Crippen LogP contribution is 2.36. The molecule has 0 spiro atoms. The fourth-order valence-corrected chi connectivity index (χ4v) is 3.10. The van der Waals surface area contributed by atoms with Crippen LogP contribution >= 0.6 is 0 Å². The summed E-state index contributed by atoms with van der Waals surface area (Å²) in [7, 11) is 1.52. The first-order valence-corrected chi connectivity index (χ1v) is 8.85. The molecule has 3 rings (SSSR count). The van der Waals surface area contributed by atoms with Crippen molar-refractivity contribution in [1.29, 1.82) is 0 Å². The molecule has 0 saturated carbocycles. The second kappa shape index (κ2) is 8.66. The molecule has 4 atom stereocenters. The highest BCUT2D eigenvalue weighted by molar-refractivity contribution is 5.94. The van der Waals surface area contributed by atoms with E-state index in [1.165, 1.54) is 37.4 Å². The quantitative estimate of drug-likeness (QED) is 0.616. The van der Waals surface area contributed by atoms with Gasteiger partial charge < -0.3 is 30.1 Å². The Bertz CT molecular complexity index is 828. The van der Waals surface area contributed by atoms with Gasteiger partial charge in [-0.2, -0.15) is 0 Å². The third kappa shape index (κ3) is 4.15. The van der Waals surface area contributed by atoms with E-state index in [4.69, 9.17) is 9.47 Å². The van der Waals surface area contributed by atoms with Crippen molar-refractivity contribution in [3.05, 3.63) is 59.4 Å². The Hall–Kier alpha value is -2.52. The fraction of sp³-hybridized carbons (Fsp3) is 0.350. The normalized spacial score (nSPS) is 24.6. The molecule has 1 amide bonds. The number of carbonyl (C=O) groups is 1. The van der Waals surface area contributed by atoms with Gasteiger partial charge in [-0.1, -0.05) is 12.1 Å². The predicted molar refractivity (Wildman–Crippen MR) is 97.6 cm³/mol. The van der Waals surface area contributed by atoms with Crippen LogP contribution in [0.4, 0.5) is 4.39 Å². The van der Waals surface area contributed by atoms with Crippen LogP contribution in [-0.2, 0) is 4.74 Å². The molecule has 1 aliphatic heterocycles. The number of aliphatic hydroxyl groups is 3. The molecule has 2 aromatic rings. The monoisotopic (exact) mass is 391 g/mol. The lowest BCUT2D eigenvalue weighted by Crippen LogP contribution is -2.44. The number of hydrogen-bond acceptors (Lipinski definition) is 6. The van der Waals surface area contributed by atoms with Gasteiger partial charge in [0.25, 0.3) is 5.91 Å². The third-order valence-corrected chi connectivity index (χ3v) is 4.62. The Labute approximate surface area is 161 Å². The van der Waals surface area contributed by atoms with Gasteiger partial charge in [0.1, 0.15) is 18.0 Å². The number of benzene rings is 2. The zero-order valence-electron chi connectivity index (χ0n) is 15.2. The molecule has 0 aromatic heterocycles. The highest BCUT2D eigenvalue weighted by Gasteiger charge is 2.39. The summed E-state index contributed by atoms with van der Waals surface area (Å²) in [6.45, 7) is -0.351. The number of halogens is 1. The highest BCUT2D eigenvalue weighted by atomic mass is 19.1. The number of nitrogens with one attached hydrogen (secondary N) is 1. The largest absolute Gasteiger partial charge is 0.454 e. The van der Waals surface area contributed by atoms with Crippen molar-refractivity contribution in [3.63, 3.8) is 0 Å². The number of hydrogen-bond donors (Lipinski definition) is 4. The van der Waals surface area contributed by atoms with E-state index in [-0.39, 0.29) is 30.2 Å². The van der Waals surface area contributed by atoms with Crippen molar-refractivity contribution >= 4 is 5.91 Å². The Morgan fingerprint density at radius 1 is 1.25 bits per heavy atom. The molecule has 0 bridgehead atoms. The predicted octanol–water partition coefficient (Wildman–Crippen LogP) is 1.52. The average molecular weight is 391 g/mol. The van der Waals surface area contributed by atoms with Gasteiger partial charge in [0.15, 0.2) is 11.6 Å². The zero-order valence-corrected chi connectivity index (χ0v) is 15.2. The Balaban J connectivity index is 1.84. The van der Waals surface area contributed by atoms with E-state index in [2.05, 4.69) is 5.32 Å². The first-order valence-electron chi connectivity index (χ1n) is 8.85. The number of rotatable bonds is 5. The van der Waals surface area contributed by atoms with Crippen LogP contribution in [0.1, 0.15) is 28.4 Å². The average Bonchev–Trinajstić information content (AvgIpc) is 2.71. The molecule has 28 heavy (non-hydrogen) atoms. The molecule has 150 valence electrons. The van der Waals surface area contributed by atoms with Crippen molar-refractivity contribution in [1.82, 2.24) is 5.32 Å². The maximum Gasteiger partial charge on any atom is 0.251 e. The summed E-state index contributed by atoms with van der Waals surface area (Å²) < 4.78 is 26.1. The maximum atomic E-state index is 15.0. The molecule has 2 aromatic carbocycles. The minimum Gasteiger partial charge on any atom is -0.454 e. The first kappa shape index (κ1) is 20.2. The third-order valence-electron chi connectivity index (χ3n) is 4.62. The molecule has 8 heteroatoms. The van der Waals surface area contributed by atoms with E-state index in [9.17, 15) is 20.1 Å². The zero-order chi connectivity index (χ0) is 20.3. The van der Waals surface area contributed by atoms with E-state index in [1.54, 1.807) is 12.1 Å². The SMILES string of the molecule is CNC(=O)c1ccc(Oc2cccc(C3OC(CO)CC(O)C3O)c2F)cc1. The molecule has 1 saturated heterocycles. The van der Waals surface area contributed by atoms with Gasteiger partial charge >= 0.3 is 0 Å². The van der Waals surface area contributed by atoms with E-state index < -0.39 is 30.2 Å². The molecule has 0 aliphatic carbocycles. The van der Waals surface area contributed by atoms with Crippen molar-refractivity contribution in [3.8, 4) is 11.5 Å². The van der Waals surface area contributed by atoms with Crippen LogP contribution in [0, 0.1) is 5.82 Å². The fourth-order valence-electron chi connectivity index (χ4n) is 3.10. The lowest BCUT2D eigenvalue weighted by Gasteiger charge is -2.37. The second-order valence-electron chi connectivity index (χ2n) is 6.52. The lowest BCUT2D eigenvalue weighted by molar-refractivity contribution is -0.180. The van der Waals surface area contributed by atoms with Gasteiger partial charge in [0.2, 0.25) is 0 Å². The van der Waals surface area contributed by atoms with Gasteiger partial charge in [-0.25, -0.2) is 4.39 Å². The summed E-state index contributed by atoms with van der Waals surface area (Å²) in [6, 6.07) is 10.6. The molecule has 1 heterocycles. The lowest BCUT2D eigenvalue weighted by atomic mass is 9.93. The molecule has 1 aliphatic rings. The Morgan fingerprint density at radius 3 is 2.61 bits per heavy atom. The van der Waals surface area contributed by atoms with Crippen LogP contribution in [0.25, 0.3) is 0 Å². The van der Waals surface area contributed by atoms with E-state index in [0.29, 0.717) is 11.3 Å². The summed E-state index contributed by atoms with van der Waals surface area (Å²) in [5.41, 5.74) is 0.455. The molecule has 4 unspecified atom stereocenters. The number of aliphatic hydroxyl groups excluding tert-OH is 3. The van der Waals surface area contributed by atoms with E-state index >= 15 is 4.39 Å². The molecule has 7 nitrogen and oxygen atoms in total. The summed E-state index contributed by atoms with van der Waals surface area (Å²) in [5.74, 6) is -0.767. The van der Waals surface area contributed by atoms with E-state index in [0.717, 1.165) is 0 Å². The topological polar surface area (TPSA) is 108 Å². The van der Waals surface area contributed by atoms with Crippen molar-refractivity contribution in [2.45, 2.75) is 30.8 Å². The van der Waals surface area contributed by atoms with Crippen LogP contribution in [0.3, 0.4) is 0 Å². The summed E-state index contributed by atoms with van der Waals surface area (Å²) in [6.07, 6.45) is -4.26. The van der Waals surface area contributed by atoms with Gasteiger partial charge in [0, 0.05) is 24.6 Å². The molecule has 4 N–H and O–H groups in total. The Kier molecular flexibility index (Phi) is 6.25. The van der Waals surface area contributed by atoms with Crippen LogP contribution in [-0.4, -0.2) is 53.2 Å². The smallest absolute Gasteiger partial charge is 0.251 e. The summed E-state index contributed by atoms with van der Waals surface area (Å²) in [5, 5.41) is 32.0. The van der Waals surface area contributed by atoms with Gasteiger partial charge in [0.05, 0.1) is 18.8 Å². The van der Waals surface area contributed by atoms with Gasteiger partial charge in [-0.15, -0.1) is 0 Å². The second-order valence-corrected chi connectivity index (χ2v) is 6.52. The van der Waals surface area contributed by atoms with Crippen molar-refractivity contribution < 1.29 is 34.0 Å². The molecular formula is C20H22FNO6. The van der Waals surface area contributed by atoms with Crippen LogP contribution in [0.2, 0.25) is 0 Å². The van der Waals surface area contributed by atoms with Crippen LogP contribution in [0.15, 0.2) is 42.5 Å². The Morgan fingerprint density at radius 2 is 1.96 bits per heavy atom. The van der Waals surface area contributed by atoms with Crippen LogP contribution in [0.5, 0.6) is 11.5 Å². The minimum atomic E-state index is -1.33. The number of amides is 1. The van der Waals surface area contributed by atoms with Gasteiger partial charge in [-0.05, 0) is 30.3 Å². The number of carbonyl (C=O) groups excluding carboxylic acids is 1. The first-order chi connectivity index (χ1) is 13.4. The van der Waals surface area contributed by atoms with Crippen molar-refractivity contribution in [2.75, 3.05) is 13.7 Å². The molecule has 1 fully saturated rings. The van der Waals surface area contributed by atoms with Crippen molar-refractivity contribution in [2.24, 2.45) is 0 Å². The van der Waals surface area contributed by atoms with Crippen LogP contribution < -0.4 is 10.1 Å². The summed E-state index contributed by atoms with van der Waals surface area (Å²) >= 11 is 0. The van der Waals surface area contributed by atoms with E-state index in [1.807, 2.05) is 0 Å². The minimum absolute atomic E-state index is 0.0178. The summed E-state index contributed by atoms with van der Waals surface area (Å²) in [4.78, 5) is 11.6. The van der Waals surface area contributed by atoms with Gasteiger partial charge in [-0.3, -0.25) is 4.79 Å².